The molecule has 2 amide bonds. The normalized spacial score (nSPS) is 16.5. The van der Waals surface area contributed by atoms with Gasteiger partial charge in [0.15, 0.2) is 0 Å². The number of rotatable bonds is 4. The zero-order valence-electron chi connectivity index (χ0n) is 14.2. The maximum Gasteiger partial charge on any atom is 0.274 e. The molecule has 0 aliphatic carbocycles. The fourth-order valence-corrected chi connectivity index (χ4v) is 3.21. The molecule has 27 heavy (non-hydrogen) atoms. The first-order valence-electron chi connectivity index (χ1n) is 8.07. The number of nitrogens with one attached hydrogen (secondary N) is 1. The van der Waals surface area contributed by atoms with Crippen LogP contribution in [-0.2, 0) is 9.59 Å². The van der Waals surface area contributed by atoms with Gasteiger partial charge in [0.25, 0.3) is 5.69 Å². The molecule has 1 saturated heterocycles. The van der Waals surface area contributed by atoms with Crippen LogP contribution in [0, 0.1) is 23.0 Å². The Kier molecular flexibility index (Phi) is 5.34. The Morgan fingerprint density at radius 3 is 2.63 bits per heavy atom. The van der Waals surface area contributed by atoms with E-state index in [9.17, 15) is 19.7 Å². The number of carbonyl (C=O) groups excluding carboxylic acids is 2. The standard InChI is InChI=1S/C18H15Cl2N3O4/c1-10-2-4-13(8-16(10)23(26)27)22-9-11(6-17(22)24)18(25)21-12-3-5-14(19)15(20)7-12/h2-5,7-8,11H,6,9H2,1H3,(H,21,25)/t11-/m1/s1. The number of hydrogen-bond donors (Lipinski definition) is 1. The summed E-state index contributed by atoms with van der Waals surface area (Å²) in [6.07, 6.45) is 0.0226. The van der Waals surface area contributed by atoms with Crippen LogP contribution in [0.4, 0.5) is 17.1 Å². The van der Waals surface area contributed by atoms with E-state index in [1.807, 2.05) is 0 Å². The van der Waals surface area contributed by atoms with Gasteiger partial charge >= 0.3 is 0 Å². The topological polar surface area (TPSA) is 92.6 Å². The van der Waals surface area contributed by atoms with Gasteiger partial charge in [0, 0.05) is 30.3 Å². The molecule has 9 heteroatoms. The van der Waals surface area contributed by atoms with Gasteiger partial charge in [0.1, 0.15) is 0 Å². The number of hydrogen-bond acceptors (Lipinski definition) is 4. The number of anilines is 2. The van der Waals surface area contributed by atoms with Crippen molar-refractivity contribution >= 4 is 52.1 Å². The molecule has 0 saturated carbocycles. The van der Waals surface area contributed by atoms with E-state index in [4.69, 9.17) is 23.2 Å². The van der Waals surface area contributed by atoms with Gasteiger partial charge in [0.2, 0.25) is 11.8 Å². The fraction of sp³-hybridized carbons (Fsp3) is 0.222. The lowest BCUT2D eigenvalue weighted by molar-refractivity contribution is -0.385. The minimum absolute atomic E-state index is 0.0226. The van der Waals surface area contributed by atoms with Crippen molar-refractivity contribution < 1.29 is 14.5 Å². The quantitative estimate of drug-likeness (QED) is 0.606. The van der Waals surface area contributed by atoms with Crippen molar-refractivity contribution in [1.82, 2.24) is 0 Å². The summed E-state index contributed by atoms with van der Waals surface area (Å²) >= 11 is 11.8. The first-order valence-corrected chi connectivity index (χ1v) is 8.83. The number of nitro benzene ring substituents is 1. The van der Waals surface area contributed by atoms with Crippen molar-refractivity contribution in [2.24, 2.45) is 5.92 Å². The average molecular weight is 408 g/mol. The number of amides is 2. The highest BCUT2D eigenvalue weighted by Gasteiger charge is 2.35. The Bertz CT molecular complexity index is 948. The fourth-order valence-electron chi connectivity index (χ4n) is 2.91. The molecular weight excluding hydrogens is 393 g/mol. The minimum atomic E-state index is -0.577. The molecule has 1 N–H and O–H groups in total. The summed E-state index contributed by atoms with van der Waals surface area (Å²) in [7, 11) is 0. The Hall–Kier alpha value is -2.64. The summed E-state index contributed by atoms with van der Waals surface area (Å²) in [5, 5.41) is 14.5. The van der Waals surface area contributed by atoms with Crippen molar-refractivity contribution in [3.05, 3.63) is 62.1 Å². The van der Waals surface area contributed by atoms with Gasteiger partial charge in [-0.05, 0) is 31.2 Å². The molecule has 1 aliphatic heterocycles. The summed E-state index contributed by atoms with van der Waals surface area (Å²) < 4.78 is 0. The van der Waals surface area contributed by atoms with E-state index in [0.29, 0.717) is 27.0 Å². The van der Waals surface area contributed by atoms with Crippen LogP contribution in [0.5, 0.6) is 0 Å². The number of benzene rings is 2. The summed E-state index contributed by atoms with van der Waals surface area (Å²) in [5.74, 6) is -1.17. The molecule has 0 unspecified atom stereocenters. The first-order chi connectivity index (χ1) is 12.8. The van der Waals surface area contributed by atoms with Crippen molar-refractivity contribution in [2.75, 3.05) is 16.8 Å². The van der Waals surface area contributed by atoms with Crippen molar-refractivity contribution in [3.63, 3.8) is 0 Å². The van der Waals surface area contributed by atoms with Crippen LogP contribution < -0.4 is 10.2 Å². The van der Waals surface area contributed by atoms with Gasteiger partial charge in [-0.15, -0.1) is 0 Å². The number of aryl methyl sites for hydroxylation is 1. The van der Waals surface area contributed by atoms with E-state index >= 15 is 0 Å². The Balaban J connectivity index is 1.75. The molecule has 1 aliphatic rings. The molecule has 0 bridgehead atoms. The SMILES string of the molecule is Cc1ccc(N2C[C@H](C(=O)Nc3ccc(Cl)c(Cl)c3)CC2=O)cc1[N+](=O)[O-]. The second-order valence-electron chi connectivity index (χ2n) is 6.25. The smallest absolute Gasteiger partial charge is 0.274 e. The van der Waals surface area contributed by atoms with E-state index in [0.717, 1.165) is 0 Å². The molecule has 1 fully saturated rings. The summed E-state index contributed by atoms with van der Waals surface area (Å²) in [4.78, 5) is 36.9. The maximum absolute atomic E-state index is 12.5. The Labute approximate surface area is 165 Å². The van der Waals surface area contributed by atoms with Crippen molar-refractivity contribution in [3.8, 4) is 0 Å². The van der Waals surface area contributed by atoms with Crippen molar-refractivity contribution in [2.45, 2.75) is 13.3 Å². The zero-order valence-corrected chi connectivity index (χ0v) is 15.8. The summed E-state index contributed by atoms with van der Waals surface area (Å²) in [6, 6.07) is 9.29. The van der Waals surface area contributed by atoms with E-state index in [1.165, 1.54) is 17.0 Å². The minimum Gasteiger partial charge on any atom is -0.326 e. The lowest BCUT2D eigenvalue weighted by Gasteiger charge is -2.17. The molecule has 0 aromatic heterocycles. The van der Waals surface area contributed by atoms with Crippen LogP contribution in [0.2, 0.25) is 10.0 Å². The van der Waals surface area contributed by atoms with Crippen molar-refractivity contribution in [1.29, 1.82) is 0 Å². The van der Waals surface area contributed by atoms with Gasteiger partial charge in [0.05, 0.1) is 26.6 Å². The van der Waals surface area contributed by atoms with Crippen LogP contribution in [0.3, 0.4) is 0 Å². The van der Waals surface area contributed by atoms with Crippen LogP contribution in [0.15, 0.2) is 36.4 Å². The number of nitrogens with zero attached hydrogens (tertiary/aromatic N) is 2. The Morgan fingerprint density at radius 1 is 1.22 bits per heavy atom. The number of halogens is 2. The molecular formula is C18H15Cl2N3O4. The molecule has 0 radical (unpaired) electrons. The van der Waals surface area contributed by atoms with Gasteiger partial charge < -0.3 is 10.2 Å². The van der Waals surface area contributed by atoms with Crippen LogP contribution >= 0.6 is 23.2 Å². The van der Waals surface area contributed by atoms with E-state index in [-0.39, 0.29) is 30.5 Å². The predicted molar refractivity (Wildman–Crippen MR) is 103 cm³/mol. The third-order valence-corrected chi connectivity index (χ3v) is 5.12. The van der Waals surface area contributed by atoms with E-state index < -0.39 is 10.8 Å². The molecule has 3 rings (SSSR count). The second-order valence-corrected chi connectivity index (χ2v) is 7.07. The summed E-state index contributed by atoms with van der Waals surface area (Å²) in [5.41, 5.74) is 1.32. The molecule has 2 aromatic carbocycles. The van der Waals surface area contributed by atoms with Crippen LogP contribution in [0.25, 0.3) is 0 Å². The van der Waals surface area contributed by atoms with E-state index in [2.05, 4.69) is 5.32 Å². The average Bonchev–Trinajstić information content (AvgIpc) is 3.00. The first kappa shape index (κ1) is 19.1. The lowest BCUT2D eigenvalue weighted by atomic mass is 10.1. The van der Waals surface area contributed by atoms with Gasteiger partial charge in [-0.3, -0.25) is 19.7 Å². The van der Waals surface area contributed by atoms with Crippen LogP contribution in [0.1, 0.15) is 12.0 Å². The highest BCUT2D eigenvalue weighted by molar-refractivity contribution is 6.42. The molecule has 7 nitrogen and oxygen atoms in total. The molecule has 0 spiro atoms. The number of nitro groups is 1. The summed E-state index contributed by atoms with van der Waals surface area (Å²) in [6.45, 7) is 1.77. The third kappa shape index (κ3) is 4.04. The maximum atomic E-state index is 12.5. The van der Waals surface area contributed by atoms with Gasteiger partial charge in [-0.25, -0.2) is 0 Å². The second kappa shape index (κ2) is 7.54. The van der Waals surface area contributed by atoms with Crippen LogP contribution in [-0.4, -0.2) is 23.3 Å². The highest BCUT2D eigenvalue weighted by Crippen LogP contribution is 2.31. The van der Waals surface area contributed by atoms with Gasteiger partial charge in [-0.1, -0.05) is 29.3 Å². The monoisotopic (exact) mass is 407 g/mol. The lowest BCUT2D eigenvalue weighted by Crippen LogP contribution is -2.28. The highest BCUT2D eigenvalue weighted by atomic mass is 35.5. The molecule has 2 aromatic rings. The zero-order chi connectivity index (χ0) is 19.7. The molecule has 140 valence electrons. The van der Waals surface area contributed by atoms with Gasteiger partial charge in [-0.2, -0.15) is 0 Å². The predicted octanol–water partition coefficient (Wildman–Crippen LogP) is 4.20. The largest absolute Gasteiger partial charge is 0.326 e. The Morgan fingerprint density at radius 2 is 1.96 bits per heavy atom. The molecule has 1 heterocycles. The number of carbonyl (C=O) groups is 2. The third-order valence-electron chi connectivity index (χ3n) is 4.38. The molecule has 1 atom stereocenters. The van der Waals surface area contributed by atoms with E-state index in [1.54, 1.807) is 31.2 Å².